The summed E-state index contributed by atoms with van der Waals surface area (Å²) in [5, 5.41) is 16.7. The van der Waals surface area contributed by atoms with Crippen LogP contribution in [-0.4, -0.2) is 44.7 Å². The number of hydrogen-bond donors (Lipinski definition) is 5. The van der Waals surface area contributed by atoms with E-state index in [4.69, 9.17) is 32.4 Å². The summed E-state index contributed by atoms with van der Waals surface area (Å²) < 4.78 is 10.7. The summed E-state index contributed by atoms with van der Waals surface area (Å²) >= 11 is 12.9. The smallest absolute Gasteiger partial charge is 0.434 e. The molecule has 5 rings (SSSR count). The first kappa shape index (κ1) is 35.0. The third-order valence-corrected chi connectivity index (χ3v) is 9.82. The molecule has 2 heterocycles. The molecule has 0 bridgehead atoms. The van der Waals surface area contributed by atoms with E-state index in [1.165, 1.54) is 0 Å². The third-order valence-electron chi connectivity index (χ3n) is 9.30. The van der Waals surface area contributed by atoms with Gasteiger partial charge in [0.1, 0.15) is 24.2 Å². The van der Waals surface area contributed by atoms with Crippen LogP contribution in [0.25, 0.3) is 10.9 Å². The Balaban J connectivity index is 1.48. The molecule has 0 saturated carbocycles. The Hall–Kier alpha value is -4.29. The van der Waals surface area contributed by atoms with E-state index in [2.05, 4.69) is 31.1 Å². The average Bonchev–Trinajstić information content (AvgIpc) is 3.67. The Kier molecular flexibility index (Phi) is 10.8. The van der Waals surface area contributed by atoms with Crippen LogP contribution in [0.5, 0.6) is 0 Å². The monoisotopic (exact) mass is 698 g/mol. The van der Waals surface area contributed by atoms with E-state index in [1.807, 2.05) is 58.0 Å². The Morgan fingerprint density at radius 3 is 2.46 bits per heavy atom. The first-order valence-electron chi connectivity index (χ1n) is 16.1. The van der Waals surface area contributed by atoms with Gasteiger partial charge in [-0.3, -0.25) is 9.59 Å². The number of halogens is 2. The van der Waals surface area contributed by atoms with Gasteiger partial charge in [-0.1, -0.05) is 94.1 Å². The summed E-state index contributed by atoms with van der Waals surface area (Å²) in [5.74, 6) is -2.22. The van der Waals surface area contributed by atoms with Gasteiger partial charge in [0.15, 0.2) is 0 Å². The van der Waals surface area contributed by atoms with E-state index >= 15 is 0 Å². The van der Waals surface area contributed by atoms with Crippen LogP contribution in [-0.2, 0) is 33.8 Å². The first-order valence-corrected chi connectivity index (χ1v) is 16.8. The Morgan fingerprint density at radius 2 is 1.79 bits per heavy atom. The van der Waals surface area contributed by atoms with Crippen molar-refractivity contribution in [2.24, 2.45) is 11.8 Å². The van der Waals surface area contributed by atoms with Crippen molar-refractivity contribution in [3.63, 3.8) is 0 Å². The molecule has 3 amide bonds. The van der Waals surface area contributed by atoms with E-state index in [9.17, 15) is 19.2 Å². The van der Waals surface area contributed by atoms with Crippen LogP contribution in [0.2, 0.25) is 10.0 Å². The summed E-state index contributed by atoms with van der Waals surface area (Å²) in [5.41, 5.74) is 1.68. The van der Waals surface area contributed by atoms with Gasteiger partial charge in [-0.05, 0) is 47.9 Å². The SMILES string of the molecule is CCC(C)C(NC(=O)OCc1ccccc1)C(=O)N[C@]1(C(=O)NC(c2n[nH]c(=O)o2)C(C)CC)CCc2[nH]c3c(Cl)cc(Cl)cc3c2C1. The summed E-state index contributed by atoms with van der Waals surface area (Å²) in [6, 6.07) is 10.9. The van der Waals surface area contributed by atoms with Gasteiger partial charge >= 0.3 is 11.8 Å². The molecule has 5 N–H and O–H groups in total. The van der Waals surface area contributed by atoms with Gasteiger partial charge in [0.05, 0.1) is 10.5 Å². The number of alkyl carbamates (subject to hydrolysis) is 1. The minimum atomic E-state index is -1.47. The molecule has 0 saturated heterocycles. The van der Waals surface area contributed by atoms with Crippen LogP contribution >= 0.6 is 23.2 Å². The molecule has 4 aromatic rings. The largest absolute Gasteiger partial charge is 0.445 e. The Labute approximate surface area is 287 Å². The third kappa shape index (κ3) is 7.55. The van der Waals surface area contributed by atoms with E-state index in [0.717, 1.165) is 22.2 Å². The molecule has 2 aromatic carbocycles. The van der Waals surface area contributed by atoms with Gasteiger partial charge in [0.25, 0.3) is 0 Å². The second-order valence-corrected chi connectivity index (χ2v) is 13.3. The number of nitrogens with one attached hydrogen (secondary N) is 5. The van der Waals surface area contributed by atoms with Crippen molar-refractivity contribution in [1.29, 1.82) is 0 Å². The number of hydrogen-bond acceptors (Lipinski definition) is 7. The maximum atomic E-state index is 14.6. The predicted molar refractivity (Wildman–Crippen MR) is 182 cm³/mol. The lowest BCUT2D eigenvalue weighted by Crippen LogP contribution is -2.65. The molecule has 1 aliphatic rings. The highest BCUT2D eigenvalue weighted by Crippen LogP contribution is 2.39. The number of aromatic amines is 2. The molecule has 48 heavy (non-hydrogen) atoms. The van der Waals surface area contributed by atoms with Crippen molar-refractivity contribution in [2.75, 3.05) is 0 Å². The Morgan fingerprint density at radius 1 is 1.06 bits per heavy atom. The number of rotatable bonds is 12. The standard InChI is InChI=1S/C34H40Cl2N6O6/c1-5-18(3)26(39-32(45)47-17-20-10-8-7-9-11-20)29(43)40-34(31(44)38-27(19(4)6-2)30-41-42-33(46)48-30)13-12-25-23(16-34)22-14-21(35)15-24(36)28(22)37-25/h7-11,14-15,18-19,26-27,37H,5-6,12-13,16-17H2,1-4H3,(H,38,44)(H,39,45)(H,40,43)(H,42,46)/t18?,19?,26?,27?,34-/m1/s1. The molecule has 0 radical (unpaired) electrons. The molecule has 1 aliphatic carbocycles. The van der Waals surface area contributed by atoms with E-state index in [-0.39, 0.29) is 37.2 Å². The zero-order valence-corrected chi connectivity index (χ0v) is 28.8. The summed E-state index contributed by atoms with van der Waals surface area (Å²) in [6.45, 7) is 7.62. The lowest BCUT2D eigenvalue weighted by atomic mass is 9.78. The lowest BCUT2D eigenvalue weighted by molar-refractivity contribution is -0.136. The number of aryl methyl sites for hydroxylation is 1. The number of nitrogens with zero attached hydrogens (tertiary/aromatic N) is 1. The molecular weight excluding hydrogens is 659 g/mol. The van der Waals surface area contributed by atoms with Crippen molar-refractivity contribution >= 4 is 52.0 Å². The molecule has 12 nitrogen and oxygen atoms in total. The number of carbonyl (C=O) groups is 3. The van der Waals surface area contributed by atoms with Gasteiger partial charge in [-0.25, -0.2) is 14.7 Å². The van der Waals surface area contributed by atoms with Crippen molar-refractivity contribution in [2.45, 2.75) is 84.0 Å². The normalized spacial score (nSPS) is 18.3. The maximum absolute atomic E-state index is 14.6. The molecule has 5 atom stereocenters. The summed E-state index contributed by atoms with van der Waals surface area (Å²) in [4.78, 5) is 56.9. The fourth-order valence-electron chi connectivity index (χ4n) is 6.07. The first-order chi connectivity index (χ1) is 22.9. The van der Waals surface area contributed by atoms with Gasteiger partial charge in [0.2, 0.25) is 17.7 Å². The molecule has 14 heteroatoms. The molecule has 0 aliphatic heterocycles. The summed E-state index contributed by atoms with van der Waals surface area (Å²) in [7, 11) is 0. The van der Waals surface area contributed by atoms with E-state index in [0.29, 0.717) is 34.8 Å². The number of H-pyrrole nitrogens is 2. The highest BCUT2D eigenvalue weighted by Gasteiger charge is 2.47. The maximum Gasteiger partial charge on any atom is 0.434 e. The van der Waals surface area contributed by atoms with Crippen molar-refractivity contribution < 1.29 is 23.5 Å². The van der Waals surface area contributed by atoms with Gasteiger partial charge in [-0.15, -0.1) is 5.10 Å². The Bertz CT molecular complexity index is 1840. The molecule has 256 valence electrons. The highest BCUT2D eigenvalue weighted by molar-refractivity contribution is 6.38. The van der Waals surface area contributed by atoms with Crippen LogP contribution in [0, 0.1) is 11.8 Å². The van der Waals surface area contributed by atoms with Crippen LogP contribution in [0.4, 0.5) is 4.79 Å². The average molecular weight is 700 g/mol. The quantitative estimate of drug-likeness (QED) is 0.126. The lowest BCUT2D eigenvalue weighted by Gasteiger charge is -2.39. The topological polar surface area (TPSA) is 171 Å². The number of aromatic nitrogens is 3. The van der Waals surface area contributed by atoms with Gasteiger partial charge < -0.3 is 30.1 Å². The van der Waals surface area contributed by atoms with Crippen molar-refractivity contribution in [3.8, 4) is 0 Å². The zero-order chi connectivity index (χ0) is 34.6. The zero-order valence-electron chi connectivity index (χ0n) is 27.2. The number of carbonyl (C=O) groups excluding carboxylic acids is 3. The molecular formula is C34H40Cl2N6O6. The fourth-order valence-corrected chi connectivity index (χ4v) is 6.61. The van der Waals surface area contributed by atoms with Crippen LogP contribution in [0.15, 0.2) is 51.7 Å². The highest BCUT2D eigenvalue weighted by atomic mass is 35.5. The predicted octanol–water partition coefficient (Wildman–Crippen LogP) is 5.74. The van der Waals surface area contributed by atoms with Crippen molar-refractivity contribution in [1.82, 2.24) is 31.1 Å². The van der Waals surface area contributed by atoms with Crippen LogP contribution in [0.3, 0.4) is 0 Å². The van der Waals surface area contributed by atoms with Gasteiger partial charge in [0, 0.05) is 22.5 Å². The number of amides is 3. The minimum Gasteiger partial charge on any atom is -0.445 e. The van der Waals surface area contributed by atoms with Crippen LogP contribution < -0.4 is 21.7 Å². The molecule has 4 unspecified atom stereocenters. The number of fused-ring (bicyclic) bond motifs is 3. The summed E-state index contributed by atoms with van der Waals surface area (Å²) in [6.07, 6.45) is 1.16. The van der Waals surface area contributed by atoms with Crippen LogP contribution in [0.1, 0.15) is 75.7 Å². The molecule has 0 fully saturated rings. The molecule has 0 spiro atoms. The van der Waals surface area contributed by atoms with E-state index < -0.39 is 41.3 Å². The number of benzene rings is 2. The fraction of sp³-hybridized carbons (Fsp3) is 0.441. The second kappa shape index (κ2) is 14.9. The van der Waals surface area contributed by atoms with Gasteiger partial charge in [-0.2, -0.15) is 0 Å². The second-order valence-electron chi connectivity index (χ2n) is 12.5. The minimum absolute atomic E-state index is 0.0304. The van der Waals surface area contributed by atoms with Crippen molar-refractivity contribution in [3.05, 3.63) is 85.8 Å². The molecule has 2 aromatic heterocycles. The van der Waals surface area contributed by atoms with E-state index in [1.54, 1.807) is 12.1 Å². The number of ether oxygens (including phenoxy) is 1.